The van der Waals surface area contributed by atoms with E-state index >= 15 is 0 Å². The van der Waals surface area contributed by atoms with Crippen LogP contribution in [0.1, 0.15) is 25.7 Å². The van der Waals surface area contributed by atoms with Gasteiger partial charge in [0.25, 0.3) is 0 Å². The van der Waals surface area contributed by atoms with Crippen molar-refractivity contribution in [1.29, 1.82) is 0 Å². The highest BCUT2D eigenvalue weighted by molar-refractivity contribution is 7.89. The van der Waals surface area contributed by atoms with Gasteiger partial charge in [0.05, 0.1) is 17.0 Å². The number of rotatable bonds is 4. The second-order valence-corrected chi connectivity index (χ2v) is 11.7. The van der Waals surface area contributed by atoms with Gasteiger partial charge in [0, 0.05) is 42.8 Å². The Kier molecular flexibility index (Phi) is 5.20. The number of piperazine rings is 1. The van der Waals surface area contributed by atoms with Crippen LogP contribution in [0.15, 0.2) is 65.7 Å². The minimum atomic E-state index is -3.57. The molecule has 1 N–H and O–H groups in total. The van der Waals surface area contributed by atoms with E-state index in [1.807, 2.05) is 47.4 Å². The maximum absolute atomic E-state index is 13.3. The number of piperidine rings is 1. The molecule has 3 aliphatic rings. The summed E-state index contributed by atoms with van der Waals surface area (Å²) in [4.78, 5) is 19.0. The average Bonchev–Trinajstić information content (AvgIpc) is 3.71. The van der Waals surface area contributed by atoms with E-state index in [4.69, 9.17) is 0 Å². The fourth-order valence-corrected chi connectivity index (χ4v) is 6.70. The number of fused-ring (bicyclic) bond motifs is 1. The first-order valence-corrected chi connectivity index (χ1v) is 13.4. The smallest absolute Gasteiger partial charge is 0.243 e. The van der Waals surface area contributed by atoms with Crippen molar-refractivity contribution in [2.24, 2.45) is 0 Å². The van der Waals surface area contributed by atoms with Crippen LogP contribution in [-0.2, 0) is 14.8 Å². The molecule has 34 heavy (non-hydrogen) atoms. The van der Waals surface area contributed by atoms with Crippen LogP contribution in [0.5, 0.6) is 0 Å². The monoisotopic (exact) mass is 476 g/mol. The van der Waals surface area contributed by atoms with E-state index in [1.165, 1.54) is 0 Å². The molecule has 0 atom stereocenters. The van der Waals surface area contributed by atoms with Gasteiger partial charge in [0.2, 0.25) is 15.9 Å². The lowest BCUT2D eigenvalue weighted by Gasteiger charge is -2.47. The zero-order chi connectivity index (χ0) is 23.3. The Labute approximate surface area is 199 Å². The molecule has 8 heteroatoms. The van der Waals surface area contributed by atoms with Gasteiger partial charge in [-0.05, 0) is 61.1 Å². The maximum Gasteiger partial charge on any atom is 0.243 e. The fraction of sp³-hybridized carbons (Fsp3) is 0.385. The van der Waals surface area contributed by atoms with Crippen LogP contribution in [0.4, 0.5) is 0 Å². The van der Waals surface area contributed by atoms with Crippen molar-refractivity contribution in [2.75, 3.05) is 26.2 Å². The van der Waals surface area contributed by atoms with Crippen LogP contribution < -0.4 is 5.32 Å². The van der Waals surface area contributed by atoms with E-state index < -0.39 is 10.0 Å². The molecule has 7 nitrogen and oxygen atoms in total. The highest BCUT2D eigenvalue weighted by Crippen LogP contribution is 2.35. The molecule has 3 fully saturated rings. The third-order valence-electron chi connectivity index (χ3n) is 7.51. The Morgan fingerprint density at radius 2 is 1.71 bits per heavy atom. The van der Waals surface area contributed by atoms with Crippen LogP contribution in [0.3, 0.4) is 0 Å². The van der Waals surface area contributed by atoms with Crippen LogP contribution >= 0.6 is 0 Å². The largest absolute Gasteiger partial charge is 0.337 e. The zero-order valence-electron chi connectivity index (χ0n) is 19.0. The Morgan fingerprint density at radius 1 is 0.971 bits per heavy atom. The van der Waals surface area contributed by atoms with Gasteiger partial charge < -0.3 is 10.2 Å². The van der Waals surface area contributed by atoms with Crippen molar-refractivity contribution in [3.63, 3.8) is 0 Å². The number of hydrogen-bond donors (Lipinski definition) is 1. The standard InChI is InChI=1S/C26H28N4O3S/c31-25-17-28-26(18-30(25)22-7-8-22)11-14-29(15-12-26)34(32,33)23-9-5-19(6-10-23)21-4-3-20-2-1-13-27-24(20)16-21/h1-6,9-10,13,16,22,28H,7-8,11-12,14-15,17-18H2. The third-order valence-corrected chi connectivity index (χ3v) is 9.42. The molecule has 0 radical (unpaired) electrons. The number of carbonyl (C=O) groups is 1. The van der Waals surface area contributed by atoms with Gasteiger partial charge in [-0.25, -0.2) is 8.42 Å². The molecule has 3 heterocycles. The number of benzene rings is 2. The zero-order valence-corrected chi connectivity index (χ0v) is 19.8. The van der Waals surface area contributed by atoms with Crippen molar-refractivity contribution >= 4 is 26.8 Å². The SMILES string of the molecule is O=C1CNC2(CCN(S(=O)(=O)c3ccc(-c4ccc5cccnc5c4)cc3)CC2)CN1C1CC1. The van der Waals surface area contributed by atoms with E-state index in [2.05, 4.69) is 10.3 Å². The van der Waals surface area contributed by atoms with Crippen LogP contribution in [-0.4, -0.2) is 66.3 Å². The Bertz CT molecular complexity index is 1340. The summed E-state index contributed by atoms with van der Waals surface area (Å²) in [7, 11) is -3.57. The number of hydrogen-bond acceptors (Lipinski definition) is 5. The molecule has 0 unspecified atom stereocenters. The van der Waals surface area contributed by atoms with Crippen molar-refractivity contribution in [3.8, 4) is 11.1 Å². The summed E-state index contributed by atoms with van der Waals surface area (Å²) in [6.45, 7) is 1.97. The molecule has 1 aromatic heterocycles. The van der Waals surface area contributed by atoms with Crippen LogP contribution in [0, 0.1) is 0 Å². The van der Waals surface area contributed by atoms with E-state index in [9.17, 15) is 13.2 Å². The number of nitrogens with one attached hydrogen (secondary N) is 1. The Hall–Kier alpha value is -2.81. The van der Waals surface area contributed by atoms with Crippen molar-refractivity contribution in [2.45, 2.75) is 42.2 Å². The van der Waals surface area contributed by atoms with Crippen molar-refractivity contribution < 1.29 is 13.2 Å². The quantitative estimate of drug-likeness (QED) is 0.626. The molecule has 1 saturated carbocycles. The molecule has 1 spiro atoms. The lowest BCUT2D eigenvalue weighted by atomic mass is 9.86. The van der Waals surface area contributed by atoms with Gasteiger partial charge in [0.1, 0.15) is 0 Å². The van der Waals surface area contributed by atoms with E-state index in [0.717, 1.165) is 34.9 Å². The number of amides is 1. The molecular weight excluding hydrogens is 448 g/mol. The summed E-state index contributed by atoms with van der Waals surface area (Å²) in [6.07, 6.45) is 5.38. The summed E-state index contributed by atoms with van der Waals surface area (Å²) < 4.78 is 28.3. The average molecular weight is 477 g/mol. The lowest BCUT2D eigenvalue weighted by molar-refractivity contribution is -0.136. The second kappa shape index (κ2) is 8.15. The van der Waals surface area contributed by atoms with Gasteiger partial charge in [-0.1, -0.05) is 30.3 Å². The molecule has 176 valence electrons. The van der Waals surface area contributed by atoms with E-state index in [1.54, 1.807) is 22.6 Å². The third kappa shape index (κ3) is 3.89. The number of nitrogens with zero attached hydrogens (tertiary/aromatic N) is 3. The maximum atomic E-state index is 13.3. The number of pyridine rings is 1. The van der Waals surface area contributed by atoms with Gasteiger partial charge in [0.15, 0.2) is 0 Å². The van der Waals surface area contributed by atoms with Crippen LogP contribution in [0.2, 0.25) is 0 Å². The summed E-state index contributed by atoms with van der Waals surface area (Å²) in [5, 5.41) is 4.50. The number of sulfonamides is 1. The Balaban J connectivity index is 1.16. The van der Waals surface area contributed by atoms with E-state index in [0.29, 0.717) is 50.0 Å². The minimum absolute atomic E-state index is 0.170. The molecule has 3 aromatic rings. The Morgan fingerprint density at radius 3 is 2.44 bits per heavy atom. The molecule has 6 rings (SSSR count). The topological polar surface area (TPSA) is 82.6 Å². The van der Waals surface area contributed by atoms with Gasteiger partial charge in [-0.3, -0.25) is 9.78 Å². The predicted octanol–water partition coefficient (Wildman–Crippen LogP) is 3.02. The molecule has 1 amide bonds. The summed E-state index contributed by atoms with van der Waals surface area (Å²) >= 11 is 0. The molecule has 0 bridgehead atoms. The summed E-state index contributed by atoms with van der Waals surface area (Å²) in [5.74, 6) is 0.172. The van der Waals surface area contributed by atoms with Gasteiger partial charge >= 0.3 is 0 Å². The first-order valence-electron chi connectivity index (χ1n) is 11.9. The molecule has 2 aliphatic heterocycles. The summed E-state index contributed by atoms with van der Waals surface area (Å²) in [6, 6.07) is 17.5. The van der Waals surface area contributed by atoms with Crippen molar-refractivity contribution in [1.82, 2.24) is 19.5 Å². The normalized spacial score (nSPS) is 21.3. The number of carbonyl (C=O) groups excluding carboxylic acids is 1. The molecular formula is C26H28N4O3S. The minimum Gasteiger partial charge on any atom is -0.337 e. The molecule has 1 aliphatic carbocycles. The summed E-state index contributed by atoms with van der Waals surface area (Å²) in [5.41, 5.74) is 2.71. The number of aromatic nitrogens is 1. The fourth-order valence-electron chi connectivity index (χ4n) is 5.26. The highest BCUT2D eigenvalue weighted by Gasteiger charge is 2.46. The van der Waals surface area contributed by atoms with Gasteiger partial charge in [-0.2, -0.15) is 4.31 Å². The van der Waals surface area contributed by atoms with Crippen LogP contribution in [0.25, 0.3) is 22.0 Å². The first kappa shape index (κ1) is 21.7. The highest BCUT2D eigenvalue weighted by atomic mass is 32.2. The van der Waals surface area contributed by atoms with E-state index in [-0.39, 0.29) is 11.4 Å². The second-order valence-electron chi connectivity index (χ2n) is 9.73. The van der Waals surface area contributed by atoms with Gasteiger partial charge in [-0.15, -0.1) is 0 Å². The predicted molar refractivity (Wildman–Crippen MR) is 131 cm³/mol. The first-order chi connectivity index (χ1) is 16.4. The molecule has 2 saturated heterocycles. The van der Waals surface area contributed by atoms with Crippen molar-refractivity contribution in [3.05, 3.63) is 60.8 Å². The molecule has 2 aromatic carbocycles. The lowest BCUT2D eigenvalue weighted by Crippen LogP contribution is -2.66.